The van der Waals surface area contributed by atoms with Gasteiger partial charge in [-0.25, -0.2) is 18.4 Å². The highest BCUT2D eigenvalue weighted by molar-refractivity contribution is 14.1. The van der Waals surface area contributed by atoms with Gasteiger partial charge in [-0.2, -0.15) is 0 Å². The first-order chi connectivity index (χ1) is 15.7. The van der Waals surface area contributed by atoms with E-state index in [0.717, 1.165) is 21.0 Å². The topological polar surface area (TPSA) is 130 Å². The van der Waals surface area contributed by atoms with Gasteiger partial charge in [0.25, 0.3) is 5.91 Å². The molecule has 0 saturated carbocycles. The number of aromatic nitrogens is 2. The molecule has 2 amide bonds. The summed E-state index contributed by atoms with van der Waals surface area (Å²) in [4.78, 5) is 33.4. The second kappa shape index (κ2) is 9.43. The Morgan fingerprint density at radius 3 is 2.67 bits per heavy atom. The molecule has 0 saturated heterocycles. The first kappa shape index (κ1) is 23.1. The van der Waals surface area contributed by atoms with Gasteiger partial charge in [0.2, 0.25) is 11.9 Å². The molecule has 0 radical (unpaired) electrons. The number of sulfone groups is 1. The molecule has 0 unspecified atom stereocenters. The summed E-state index contributed by atoms with van der Waals surface area (Å²) in [6, 6.07) is 12.5. The molecular weight excluding hydrogens is 557 g/mol. The van der Waals surface area contributed by atoms with E-state index >= 15 is 0 Å². The Labute approximate surface area is 204 Å². The Morgan fingerprint density at radius 2 is 1.94 bits per heavy atom. The van der Waals surface area contributed by atoms with Crippen molar-refractivity contribution in [2.75, 3.05) is 29.2 Å². The maximum absolute atomic E-state index is 12.3. The molecule has 3 N–H and O–H groups in total. The van der Waals surface area contributed by atoms with Gasteiger partial charge in [0.15, 0.2) is 0 Å². The van der Waals surface area contributed by atoms with E-state index < -0.39 is 9.84 Å². The molecule has 0 fully saturated rings. The molecule has 170 valence electrons. The fraction of sp³-hybridized carbons (Fsp3) is 0.182. The van der Waals surface area contributed by atoms with Crippen molar-refractivity contribution >= 4 is 61.6 Å². The van der Waals surface area contributed by atoms with Crippen LogP contribution in [0.2, 0.25) is 0 Å². The van der Waals surface area contributed by atoms with E-state index in [1.54, 1.807) is 30.5 Å². The van der Waals surface area contributed by atoms with E-state index in [1.807, 2.05) is 18.2 Å². The van der Waals surface area contributed by atoms with Gasteiger partial charge in [0, 0.05) is 44.9 Å². The Morgan fingerprint density at radius 1 is 1.18 bits per heavy atom. The predicted octanol–water partition coefficient (Wildman–Crippen LogP) is 2.76. The fourth-order valence-electron chi connectivity index (χ4n) is 3.31. The number of rotatable bonds is 6. The maximum atomic E-state index is 12.3. The standard InChI is InChI=1S/C22H20IN5O4S/c1-33(31,32)9-8-24-21(30)13-2-5-16(6-3-13)26-22-25-12-14-10-19(29)27-18-11-15(23)4-7-17(18)20(14)28-22/h2-7,11-12H,8-10H2,1H3,(H,24,30)(H,27,29)(H,25,26,28). The third-order valence-electron chi connectivity index (χ3n) is 4.89. The lowest BCUT2D eigenvalue weighted by Crippen LogP contribution is -2.28. The highest BCUT2D eigenvalue weighted by atomic mass is 127. The number of halogens is 1. The second-order valence-corrected chi connectivity index (χ2v) is 11.1. The van der Waals surface area contributed by atoms with Gasteiger partial charge in [-0.15, -0.1) is 0 Å². The number of anilines is 3. The van der Waals surface area contributed by atoms with Gasteiger partial charge >= 0.3 is 0 Å². The number of hydrogen-bond donors (Lipinski definition) is 3. The predicted molar refractivity (Wildman–Crippen MR) is 134 cm³/mol. The third kappa shape index (κ3) is 5.85. The van der Waals surface area contributed by atoms with Gasteiger partial charge in [-0.3, -0.25) is 9.59 Å². The number of hydrogen-bond acceptors (Lipinski definition) is 7. The number of benzene rings is 2. The van der Waals surface area contributed by atoms with Crippen molar-refractivity contribution in [1.29, 1.82) is 0 Å². The first-order valence-corrected chi connectivity index (χ1v) is 13.1. The molecule has 2 heterocycles. The molecule has 0 atom stereocenters. The van der Waals surface area contributed by atoms with Crippen molar-refractivity contribution in [2.24, 2.45) is 0 Å². The summed E-state index contributed by atoms with van der Waals surface area (Å²) < 4.78 is 23.4. The number of carbonyl (C=O) groups is 2. The van der Waals surface area contributed by atoms with Crippen LogP contribution in [0.4, 0.5) is 17.3 Å². The van der Waals surface area contributed by atoms with Crippen molar-refractivity contribution in [3.8, 4) is 11.3 Å². The normalized spacial score (nSPS) is 12.7. The molecule has 0 spiro atoms. The van der Waals surface area contributed by atoms with Crippen molar-refractivity contribution in [3.05, 3.63) is 63.4 Å². The Bertz CT molecular complexity index is 1340. The van der Waals surface area contributed by atoms with E-state index in [0.29, 0.717) is 28.6 Å². The monoisotopic (exact) mass is 577 g/mol. The highest BCUT2D eigenvalue weighted by Crippen LogP contribution is 2.34. The lowest BCUT2D eigenvalue weighted by Gasteiger charge is -2.11. The summed E-state index contributed by atoms with van der Waals surface area (Å²) in [6.07, 6.45) is 2.95. The van der Waals surface area contributed by atoms with Crippen LogP contribution in [0.25, 0.3) is 11.3 Å². The van der Waals surface area contributed by atoms with Crippen LogP contribution < -0.4 is 16.0 Å². The SMILES string of the molecule is CS(=O)(=O)CCNC(=O)c1ccc(Nc2ncc3c(n2)-c2ccc(I)cc2NC(=O)C3)cc1. The summed E-state index contributed by atoms with van der Waals surface area (Å²) in [5, 5.41) is 8.62. The highest BCUT2D eigenvalue weighted by Gasteiger charge is 2.21. The van der Waals surface area contributed by atoms with Crippen LogP contribution in [0.5, 0.6) is 0 Å². The molecule has 0 aliphatic carbocycles. The second-order valence-electron chi connectivity index (χ2n) is 7.57. The average Bonchev–Trinajstić information content (AvgIpc) is 2.88. The minimum Gasteiger partial charge on any atom is -0.351 e. The summed E-state index contributed by atoms with van der Waals surface area (Å²) in [6.45, 7) is 0.0541. The number of carbonyl (C=O) groups excluding carboxylic acids is 2. The van der Waals surface area contributed by atoms with E-state index in [2.05, 4.69) is 48.5 Å². The number of nitrogens with zero attached hydrogens (tertiary/aromatic N) is 2. The molecule has 0 bridgehead atoms. The molecule has 33 heavy (non-hydrogen) atoms. The average molecular weight is 577 g/mol. The van der Waals surface area contributed by atoms with Gasteiger partial charge in [-0.05, 0) is 65.1 Å². The lowest BCUT2D eigenvalue weighted by molar-refractivity contribution is -0.115. The maximum Gasteiger partial charge on any atom is 0.251 e. The number of amides is 2. The number of fused-ring (bicyclic) bond motifs is 3. The zero-order valence-electron chi connectivity index (χ0n) is 17.6. The molecular formula is C22H20IN5O4S. The summed E-state index contributed by atoms with van der Waals surface area (Å²) in [5.74, 6) is -0.225. The van der Waals surface area contributed by atoms with Gasteiger partial charge in [-0.1, -0.05) is 0 Å². The molecule has 11 heteroatoms. The molecule has 3 aromatic rings. The molecule has 2 aromatic carbocycles. The van der Waals surface area contributed by atoms with Gasteiger partial charge < -0.3 is 16.0 Å². The van der Waals surface area contributed by atoms with Crippen LogP contribution in [-0.4, -0.2) is 48.8 Å². The van der Waals surface area contributed by atoms with Crippen molar-refractivity contribution < 1.29 is 18.0 Å². The van der Waals surface area contributed by atoms with Crippen LogP contribution in [0.3, 0.4) is 0 Å². The zero-order valence-corrected chi connectivity index (χ0v) is 20.5. The Kier molecular flexibility index (Phi) is 6.61. The minimum absolute atomic E-state index is 0.0541. The lowest BCUT2D eigenvalue weighted by atomic mass is 10.1. The minimum atomic E-state index is -3.14. The van der Waals surface area contributed by atoms with Gasteiger partial charge in [0.1, 0.15) is 9.84 Å². The molecule has 1 aromatic heterocycles. The van der Waals surface area contributed by atoms with Crippen LogP contribution in [-0.2, 0) is 21.1 Å². The summed E-state index contributed by atoms with van der Waals surface area (Å²) >= 11 is 2.19. The number of nitrogens with one attached hydrogen (secondary N) is 3. The molecule has 1 aliphatic heterocycles. The van der Waals surface area contributed by atoms with Crippen LogP contribution >= 0.6 is 22.6 Å². The molecule has 4 rings (SSSR count). The third-order valence-corrected chi connectivity index (χ3v) is 6.50. The Hall–Kier alpha value is -3.06. The smallest absolute Gasteiger partial charge is 0.251 e. The van der Waals surface area contributed by atoms with Crippen molar-refractivity contribution in [2.45, 2.75) is 6.42 Å². The van der Waals surface area contributed by atoms with E-state index in [-0.39, 0.29) is 30.5 Å². The van der Waals surface area contributed by atoms with Crippen LogP contribution in [0.1, 0.15) is 15.9 Å². The van der Waals surface area contributed by atoms with Crippen LogP contribution in [0, 0.1) is 3.57 Å². The summed E-state index contributed by atoms with van der Waals surface area (Å²) in [7, 11) is -3.14. The van der Waals surface area contributed by atoms with Crippen molar-refractivity contribution in [3.63, 3.8) is 0 Å². The Balaban J connectivity index is 1.51. The van der Waals surface area contributed by atoms with Gasteiger partial charge in [0.05, 0.1) is 23.6 Å². The van der Waals surface area contributed by atoms with E-state index in [4.69, 9.17) is 0 Å². The first-order valence-electron chi connectivity index (χ1n) is 9.97. The largest absolute Gasteiger partial charge is 0.351 e. The summed E-state index contributed by atoms with van der Waals surface area (Å²) in [5.41, 5.74) is 4.03. The zero-order chi connectivity index (χ0) is 23.6. The molecule has 1 aliphatic rings. The molecule has 9 nitrogen and oxygen atoms in total. The fourth-order valence-corrected chi connectivity index (χ4v) is 4.27. The van der Waals surface area contributed by atoms with E-state index in [1.165, 1.54) is 0 Å². The van der Waals surface area contributed by atoms with Crippen LogP contribution in [0.15, 0.2) is 48.7 Å². The van der Waals surface area contributed by atoms with Crippen molar-refractivity contribution in [1.82, 2.24) is 15.3 Å². The quantitative estimate of drug-likeness (QED) is 0.384. The van der Waals surface area contributed by atoms with E-state index in [9.17, 15) is 18.0 Å².